The summed E-state index contributed by atoms with van der Waals surface area (Å²) in [7, 11) is 0. The normalized spacial score (nSPS) is 56.1. The molecule has 0 aromatic carbocycles. The Hall–Kier alpha value is -0.780. The molecule has 21 atom stereocenters. The quantitative estimate of drug-likeness (QED) is 0.138. The van der Waals surface area contributed by atoms with Gasteiger partial charge in [-0.25, -0.2) is 0 Å². The highest BCUT2D eigenvalue weighted by Crippen LogP contribution is 2.77. The first-order chi connectivity index (χ1) is 25.7. The van der Waals surface area contributed by atoms with E-state index in [1.54, 1.807) is 0 Å². The fourth-order valence-corrected chi connectivity index (χ4v) is 13.7. The predicted octanol–water partition coefficient (Wildman–Crippen LogP) is 2.17. The first-order valence-corrected chi connectivity index (χ1v) is 20.9. The van der Waals surface area contributed by atoms with E-state index in [1.807, 2.05) is 0 Å². The Morgan fingerprint density at radius 2 is 1.24 bits per heavy atom. The van der Waals surface area contributed by atoms with E-state index < -0.39 is 80.2 Å². The molecule has 0 amide bonds. The molecule has 316 valence electrons. The van der Waals surface area contributed by atoms with Gasteiger partial charge in [0.25, 0.3) is 0 Å². The van der Waals surface area contributed by atoms with E-state index in [4.69, 9.17) is 23.7 Å². The zero-order valence-electron chi connectivity index (χ0n) is 34.1. The number of aliphatic hydroxyl groups is 8. The van der Waals surface area contributed by atoms with Crippen LogP contribution in [-0.4, -0.2) is 139 Å². The van der Waals surface area contributed by atoms with Gasteiger partial charge in [-0.3, -0.25) is 0 Å². The maximum absolute atomic E-state index is 11.0. The second kappa shape index (κ2) is 14.7. The van der Waals surface area contributed by atoms with Gasteiger partial charge in [0.1, 0.15) is 48.8 Å². The summed E-state index contributed by atoms with van der Waals surface area (Å²) in [6.45, 7) is 17.1. The van der Waals surface area contributed by atoms with Crippen LogP contribution in [0.2, 0.25) is 0 Å². The van der Waals surface area contributed by atoms with Crippen LogP contribution < -0.4 is 0 Å². The lowest BCUT2D eigenvalue weighted by Crippen LogP contribution is -2.69. The second-order valence-electron chi connectivity index (χ2n) is 20.3. The molecule has 3 heterocycles. The average Bonchev–Trinajstić information content (AvgIpc) is 3.42. The summed E-state index contributed by atoms with van der Waals surface area (Å²) in [5, 5.41) is 83.7. The molecule has 7 fully saturated rings. The van der Waals surface area contributed by atoms with Crippen LogP contribution in [-0.2, 0) is 23.7 Å². The van der Waals surface area contributed by atoms with Gasteiger partial charge in [0.15, 0.2) is 12.6 Å². The lowest BCUT2D eigenvalue weighted by Gasteiger charge is -2.72. The maximum Gasteiger partial charge on any atom is 0.187 e. The minimum atomic E-state index is -1.51. The molecule has 55 heavy (non-hydrogen) atoms. The summed E-state index contributed by atoms with van der Waals surface area (Å²) in [4.78, 5) is 0. The molecule has 13 heteroatoms. The third-order valence-electron chi connectivity index (χ3n) is 17.2. The van der Waals surface area contributed by atoms with Crippen molar-refractivity contribution < 1.29 is 64.5 Å². The lowest BCUT2D eigenvalue weighted by molar-refractivity contribution is -0.355. The molecule has 0 unspecified atom stereocenters. The molecule has 0 aromatic rings. The van der Waals surface area contributed by atoms with Crippen molar-refractivity contribution in [2.24, 2.45) is 45.3 Å². The van der Waals surface area contributed by atoms with Crippen LogP contribution in [0.1, 0.15) is 107 Å². The molecule has 0 radical (unpaired) electrons. The first kappa shape index (κ1) is 42.3. The summed E-state index contributed by atoms with van der Waals surface area (Å²) in [5.41, 5.74) is -0.175. The number of fused-ring (bicyclic) bond motifs is 4. The number of hydrogen-bond donors (Lipinski definition) is 8. The third-order valence-corrected chi connectivity index (χ3v) is 17.2. The number of allylic oxidation sites excluding steroid dienone is 1. The van der Waals surface area contributed by atoms with Crippen molar-refractivity contribution in [2.45, 2.75) is 192 Å². The van der Waals surface area contributed by atoms with Gasteiger partial charge in [0, 0.05) is 6.42 Å². The Morgan fingerprint density at radius 3 is 1.84 bits per heavy atom. The standard InChI is InChI=1S/C42H70O13/c1-20(2)15-21-16-23(52-36-34(49)32(47)30(45)25(18-43)53-36)22-9-11-41(7)29(22)24(51-21)17-28-39(5)13-14-42(8,38(3,4)27(39)10-12-40(28,41)6)55-37-35(50)33(48)31(46)26(19-44)54-37/h15,21-37,43-50H,9-14,16-19H2,1-8H3/t21-,22+,23-,24-,25+,26+,27+,28+,29-,30+,31+,32-,33-,34+,35+,36+,37-,39-,40+,41+,42-/m0/s1. The lowest BCUT2D eigenvalue weighted by atomic mass is 9.34. The molecule has 7 aliphatic rings. The van der Waals surface area contributed by atoms with Crippen LogP contribution in [0, 0.1) is 45.3 Å². The van der Waals surface area contributed by atoms with E-state index in [1.165, 1.54) is 0 Å². The van der Waals surface area contributed by atoms with Crippen LogP contribution in [0.5, 0.6) is 0 Å². The Morgan fingerprint density at radius 1 is 0.655 bits per heavy atom. The van der Waals surface area contributed by atoms with Gasteiger partial charge in [-0.15, -0.1) is 0 Å². The summed E-state index contributed by atoms with van der Waals surface area (Å²) >= 11 is 0. The van der Waals surface area contributed by atoms with Gasteiger partial charge in [0.2, 0.25) is 0 Å². The molecule has 3 saturated heterocycles. The van der Waals surface area contributed by atoms with Gasteiger partial charge in [-0.05, 0) is 111 Å². The van der Waals surface area contributed by atoms with E-state index in [2.05, 4.69) is 61.5 Å². The van der Waals surface area contributed by atoms with Crippen LogP contribution in [0.15, 0.2) is 11.6 Å². The minimum Gasteiger partial charge on any atom is -0.394 e. The smallest absolute Gasteiger partial charge is 0.187 e. The fourth-order valence-electron chi connectivity index (χ4n) is 13.7. The Balaban J connectivity index is 1.18. The van der Waals surface area contributed by atoms with Crippen LogP contribution in [0.25, 0.3) is 0 Å². The number of aliphatic hydroxyl groups excluding tert-OH is 8. The molecular formula is C42H70O13. The Bertz CT molecular complexity index is 1420. The summed E-state index contributed by atoms with van der Waals surface area (Å²) in [5.74, 6) is 0.866. The van der Waals surface area contributed by atoms with Crippen molar-refractivity contribution in [1.82, 2.24) is 0 Å². The molecule has 0 spiro atoms. The van der Waals surface area contributed by atoms with Crippen molar-refractivity contribution in [3.8, 4) is 0 Å². The van der Waals surface area contributed by atoms with Crippen LogP contribution >= 0.6 is 0 Å². The van der Waals surface area contributed by atoms with Crippen molar-refractivity contribution in [2.75, 3.05) is 13.2 Å². The molecule has 7 rings (SSSR count). The van der Waals surface area contributed by atoms with Crippen molar-refractivity contribution >= 4 is 0 Å². The number of rotatable bonds is 7. The van der Waals surface area contributed by atoms with E-state index in [0.717, 1.165) is 44.1 Å². The molecule has 0 bridgehead atoms. The zero-order chi connectivity index (χ0) is 40.2. The van der Waals surface area contributed by atoms with E-state index in [0.29, 0.717) is 18.8 Å². The van der Waals surface area contributed by atoms with Crippen LogP contribution in [0.3, 0.4) is 0 Å². The predicted molar refractivity (Wildman–Crippen MR) is 199 cm³/mol. The fraction of sp³-hybridized carbons (Fsp3) is 0.952. The third kappa shape index (κ3) is 6.44. The summed E-state index contributed by atoms with van der Waals surface area (Å²) < 4.78 is 32.4. The highest BCUT2D eigenvalue weighted by atomic mass is 16.7. The number of ether oxygens (including phenoxy) is 5. The largest absolute Gasteiger partial charge is 0.394 e. The molecule has 8 N–H and O–H groups in total. The molecule has 4 saturated carbocycles. The van der Waals surface area contributed by atoms with Crippen molar-refractivity contribution in [1.29, 1.82) is 0 Å². The van der Waals surface area contributed by atoms with Crippen molar-refractivity contribution in [3.05, 3.63) is 11.6 Å². The molecular weight excluding hydrogens is 712 g/mol. The zero-order valence-corrected chi connectivity index (χ0v) is 34.1. The van der Waals surface area contributed by atoms with E-state index in [9.17, 15) is 40.9 Å². The monoisotopic (exact) mass is 782 g/mol. The molecule has 4 aliphatic carbocycles. The van der Waals surface area contributed by atoms with Crippen LogP contribution in [0.4, 0.5) is 0 Å². The molecule has 0 aromatic heterocycles. The van der Waals surface area contributed by atoms with Gasteiger partial charge in [-0.1, -0.05) is 46.3 Å². The maximum atomic E-state index is 11.0. The minimum absolute atomic E-state index is 0.0243. The number of hydrogen-bond acceptors (Lipinski definition) is 13. The average molecular weight is 783 g/mol. The SMILES string of the molecule is CC(C)=C[C@H]1C[C@H](O[C@@H]2O[C@H](CO)[C@@H](O)[C@H](O)[C@H]2O)[C@H]2CC[C@]3(C)[C@@H]2[C@H](C[C@@H]2[C@@]4(C)CC[C@](C)(O[C@@H]5O[C@H](CO)[C@@H](O)[C@H](O)[C@H]5O)C(C)(C)[C@H]4CC[C@]23C)O1. The summed E-state index contributed by atoms with van der Waals surface area (Å²) in [6.07, 6.45) is -4.90. The van der Waals surface area contributed by atoms with Gasteiger partial charge in [-0.2, -0.15) is 0 Å². The highest BCUT2D eigenvalue weighted by Gasteiger charge is 2.73. The highest BCUT2D eigenvalue weighted by molar-refractivity contribution is 5.22. The van der Waals surface area contributed by atoms with Gasteiger partial charge >= 0.3 is 0 Å². The van der Waals surface area contributed by atoms with E-state index in [-0.39, 0.29) is 57.7 Å². The van der Waals surface area contributed by atoms with Gasteiger partial charge < -0.3 is 64.5 Å². The Kier molecular flexibility index (Phi) is 11.4. The molecule has 3 aliphatic heterocycles. The van der Waals surface area contributed by atoms with Crippen molar-refractivity contribution in [3.63, 3.8) is 0 Å². The molecule has 13 nitrogen and oxygen atoms in total. The first-order valence-electron chi connectivity index (χ1n) is 20.9. The second-order valence-corrected chi connectivity index (χ2v) is 20.3. The topological polar surface area (TPSA) is 208 Å². The Labute approximate surface area is 326 Å². The van der Waals surface area contributed by atoms with Gasteiger partial charge in [0.05, 0.1) is 37.1 Å². The summed E-state index contributed by atoms with van der Waals surface area (Å²) in [6, 6.07) is 0. The van der Waals surface area contributed by atoms with E-state index >= 15 is 0 Å².